The number of piperidine rings is 1. The van der Waals surface area contributed by atoms with E-state index in [9.17, 15) is 10.2 Å². The largest absolute Gasteiger partial charge is 0.508 e. The lowest BCUT2D eigenvalue weighted by molar-refractivity contribution is 0.252. The molecule has 4 heteroatoms. The number of benzene rings is 4. The first-order chi connectivity index (χ1) is 16.7. The Labute approximate surface area is 200 Å². The van der Waals surface area contributed by atoms with Crippen molar-refractivity contribution in [1.29, 1.82) is 0 Å². The van der Waals surface area contributed by atoms with Gasteiger partial charge in [-0.1, -0.05) is 42.5 Å². The minimum Gasteiger partial charge on any atom is -0.508 e. The van der Waals surface area contributed by atoms with Crippen LogP contribution in [-0.4, -0.2) is 29.9 Å². The van der Waals surface area contributed by atoms with E-state index in [1.54, 1.807) is 24.3 Å². The van der Waals surface area contributed by atoms with Crippen molar-refractivity contribution in [3.8, 4) is 28.4 Å². The molecule has 0 aromatic heterocycles. The van der Waals surface area contributed by atoms with Crippen molar-refractivity contribution in [2.24, 2.45) is 5.92 Å². The number of phenolic OH excluding ortho intramolecular Hbond substituents is 2. The molecule has 0 unspecified atom stereocenters. The van der Waals surface area contributed by atoms with Crippen LogP contribution in [-0.2, 0) is 6.42 Å². The molecule has 1 saturated heterocycles. The van der Waals surface area contributed by atoms with E-state index >= 15 is 0 Å². The lowest BCUT2D eigenvalue weighted by Gasteiger charge is -2.22. The molecular weight excluding hydrogens is 422 g/mol. The smallest absolute Gasteiger partial charge is 0.119 e. The molecule has 0 saturated carbocycles. The molecule has 0 spiro atoms. The average Bonchev–Trinajstić information content (AvgIpc) is 2.86. The number of fused-ring (bicyclic) bond motifs is 1. The highest BCUT2D eigenvalue weighted by molar-refractivity contribution is 5.93. The predicted octanol–water partition coefficient (Wildman–Crippen LogP) is 6.28. The number of phenols is 2. The molecule has 1 aliphatic heterocycles. The van der Waals surface area contributed by atoms with E-state index in [4.69, 9.17) is 4.74 Å². The highest BCUT2D eigenvalue weighted by Crippen LogP contribution is 2.34. The van der Waals surface area contributed by atoms with Crippen LogP contribution in [0.5, 0.6) is 17.2 Å². The van der Waals surface area contributed by atoms with Crippen molar-refractivity contribution in [3.05, 3.63) is 90.0 Å². The average molecular weight is 454 g/mol. The van der Waals surface area contributed by atoms with E-state index in [2.05, 4.69) is 35.6 Å². The van der Waals surface area contributed by atoms with E-state index in [1.807, 2.05) is 24.3 Å². The fraction of sp³-hybridized carbons (Fsp3) is 0.267. The van der Waals surface area contributed by atoms with E-state index in [1.165, 1.54) is 24.0 Å². The number of ether oxygens (including phenoxy) is 1. The standard InChI is InChI=1S/C30H31NO3/c32-25-6-3-23(4-7-25)28-11-5-24-20-26(33)8-12-29(24)30(28)19-22-1-9-27(10-2-22)34-18-15-21-13-16-31-17-14-21/h1-12,20-21,31-33H,13-19H2. The fourth-order valence-corrected chi connectivity index (χ4v) is 4.91. The molecule has 0 bridgehead atoms. The Bertz CT molecular complexity index is 1240. The van der Waals surface area contributed by atoms with Crippen LogP contribution in [0.1, 0.15) is 30.4 Å². The predicted molar refractivity (Wildman–Crippen MR) is 138 cm³/mol. The van der Waals surface area contributed by atoms with Crippen molar-refractivity contribution < 1.29 is 14.9 Å². The van der Waals surface area contributed by atoms with Crippen LogP contribution < -0.4 is 10.1 Å². The van der Waals surface area contributed by atoms with E-state index < -0.39 is 0 Å². The second kappa shape index (κ2) is 10.2. The molecule has 1 heterocycles. The maximum Gasteiger partial charge on any atom is 0.119 e. The van der Waals surface area contributed by atoms with Gasteiger partial charge in [0, 0.05) is 0 Å². The number of hydrogen-bond donors (Lipinski definition) is 3. The lowest BCUT2D eigenvalue weighted by Crippen LogP contribution is -2.28. The van der Waals surface area contributed by atoms with E-state index in [0.717, 1.165) is 66.1 Å². The van der Waals surface area contributed by atoms with Gasteiger partial charge in [-0.3, -0.25) is 0 Å². The van der Waals surface area contributed by atoms with Gasteiger partial charge < -0.3 is 20.3 Å². The lowest BCUT2D eigenvalue weighted by atomic mass is 9.90. The molecule has 3 N–H and O–H groups in total. The molecule has 5 rings (SSSR count). The Morgan fingerprint density at radius 2 is 1.53 bits per heavy atom. The molecule has 1 aliphatic rings. The summed E-state index contributed by atoms with van der Waals surface area (Å²) in [6, 6.07) is 25.4. The Balaban J connectivity index is 1.36. The normalized spacial score (nSPS) is 14.4. The van der Waals surface area contributed by atoms with Crippen molar-refractivity contribution >= 4 is 10.8 Å². The van der Waals surface area contributed by atoms with Crippen molar-refractivity contribution in [2.75, 3.05) is 19.7 Å². The van der Waals surface area contributed by atoms with Gasteiger partial charge in [0.15, 0.2) is 0 Å². The van der Waals surface area contributed by atoms with Crippen LogP contribution >= 0.6 is 0 Å². The molecule has 0 aliphatic carbocycles. The van der Waals surface area contributed by atoms with Crippen LogP contribution in [0.2, 0.25) is 0 Å². The molecule has 4 aromatic carbocycles. The van der Waals surface area contributed by atoms with Crippen molar-refractivity contribution in [3.63, 3.8) is 0 Å². The quantitative estimate of drug-likeness (QED) is 0.308. The zero-order chi connectivity index (χ0) is 23.3. The summed E-state index contributed by atoms with van der Waals surface area (Å²) in [6.45, 7) is 3.01. The SMILES string of the molecule is Oc1ccc(-c2ccc3cc(O)ccc3c2Cc2ccc(OCCC3CCNCC3)cc2)cc1. The van der Waals surface area contributed by atoms with Gasteiger partial charge in [-0.2, -0.15) is 0 Å². The van der Waals surface area contributed by atoms with Gasteiger partial charge in [-0.15, -0.1) is 0 Å². The first-order valence-electron chi connectivity index (χ1n) is 12.1. The van der Waals surface area contributed by atoms with Crippen LogP contribution in [0.15, 0.2) is 78.9 Å². The number of nitrogens with one attached hydrogen (secondary N) is 1. The van der Waals surface area contributed by atoms with Crippen molar-refractivity contribution in [2.45, 2.75) is 25.7 Å². The molecule has 0 amide bonds. The van der Waals surface area contributed by atoms with Gasteiger partial charge >= 0.3 is 0 Å². The highest BCUT2D eigenvalue weighted by atomic mass is 16.5. The molecule has 1 fully saturated rings. The first kappa shape index (κ1) is 22.3. The third kappa shape index (κ3) is 5.18. The van der Waals surface area contributed by atoms with E-state index in [0.29, 0.717) is 0 Å². The topological polar surface area (TPSA) is 61.7 Å². The summed E-state index contributed by atoms with van der Waals surface area (Å²) < 4.78 is 6.03. The highest BCUT2D eigenvalue weighted by Gasteiger charge is 2.14. The van der Waals surface area contributed by atoms with Gasteiger partial charge in [-0.05, 0) is 114 Å². The van der Waals surface area contributed by atoms with Crippen LogP contribution in [0.4, 0.5) is 0 Å². The minimum atomic E-state index is 0.256. The maximum atomic E-state index is 9.97. The summed E-state index contributed by atoms with van der Waals surface area (Å²) in [7, 11) is 0. The molecular formula is C30H31NO3. The molecule has 174 valence electrons. The summed E-state index contributed by atoms with van der Waals surface area (Å²) in [5, 5.41) is 25.2. The third-order valence-electron chi connectivity index (χ3n) is 6.85. The maximum absolute atomic E-state index is 9.97. The number of rotatable bonds is 7. The van der Waals surface area contributed by atoms with Gasteiger partial charge in [0.2, 0.25) is 0 Å². The summed E-state index contributed by atoms with van der Waals surface area (Å²) in [5.41, 5.74) is 4.58. The minimum absolute atomic E-state index is 0.256. The van der Waals surface area contributed by atoms with Crippen LogP contribution in [0, 0.1) is 5.92 Å². The zero-order valence-electron chi connectivity index (χ0n) is 19.3. The fourth-order valence-electron chi connectivity index (χ4n) is 4.91. The van der Waals surface area contributed by atoms with Crippen LogP contribution in [0.25, 0.3) is 21.9 Å². The first-order valence-corrected chi connectivity index (χ1v) is 12.1. The Hall–Kier alpha value is -3.50. The van der Waals surface area contributed by atoms with Crippen molar-refractivity contribution in [1.82, 2.24) is 5.32 Å². The summed E-state index contributed by atoms with van der Waals surface area (Å²) in [4.78, 5) is 0. The second-order valence-electron chi connectivity index (χ2n) is 9.20. The summed E-state index contributed by atoms with van der Waals surface area (Å²) >= 11 is 0. The Morgan fingerprint density at radius 1 is 0.794 bits per heavy atom. The van der Waals surface area contributed by atoms with E-state index in [-0.39, 0.29) is 11.5 Å². The van der Waals surface area contributed by atoms with Crippen LogP contribution in [0.3, 0.4) is 0 Å². The molecule has 4 nitrogen and oxygen atoms in total. The van der Waals surface area contributed by atoms with Gasteiger partial charge in [0.25, 0.3) is 0 Å². The molecule has 0 atom stereocenters. The van der Waals surface area contributed by atoms with Gasteiger partial charge in [-0.25, -0.2) is 0 Å². The monoisotopic (exact) mass is 453 g/mol. The molecule has 0 radical (unpaired) electrons. The summed E-state index contributed by atoms with van der Waals surface area (Å²) in [6.07, 6.45) is 4.36. The number of aromatic hydroxyl groups is 2. The second-order valence-corrected chi connectivity index (χ2v) is 9.20. The Morgan fingerprint density at radius 3 is 2.29 bits per heavy atom. The molecule has 34 heavy (non-hydrogen) atoms. The van der Waals surface area contributed by atoms with Gasteiger partial charge in [0.1, 0.15) is 17.2 Å². The number of hydrogen-bond acceptors (Lipinski definition) is 4. The molecule has 4 aromatic rings. The zero-order valence-corrected chi connectivity index (χ0v) is 19.3. The third-order valence-corrected chi connectivity index (χ3v) is 6.85. The summed E-state index contributed by atoms with van der Waals surface area (Å²) in [5.74, 6) is 2.21. The Kier molecular flexibility index (Phi) is 6.68. The van der Waals surface area contributed by atoms with Gasteiger partial charge in [0.05, 0.1) is 6.61 Å².